The molecule has 3 aliphatic heterocycles. The van der Waals surface area contributed by atoms with Crippen LogP contribution < -0.4 is 28.7 Å². The lowest BCUT2D eigenvalue weighted by molar-refractivity contribution is -0.914. The highest BCUT2D eigenvalue weighted by Gasteiger charge is 2.40. The van der Waals surface area contributed by atoms with E-state index in [1.807, 2.05) is 12.1 Å². The summed E-state index contributed by atoms with van der Waals surface area (Å²) < 4.78 is 22.0. The van der Waals surface area contributed by atoms with Crippen molar-refractivity contribution in [3.05, 3.63) is 41.0 Å². The van der Waals surface area contributed by atoms with Crippen molar-refractivity contribution >= 4 is 17.4 Å². The molecule has 0 radical (unpaired) electrons. The molecule has 1 unspecified atom stereocenters. The molecule has 156 valence electrons. The Morgan fingerprint density at radius 3 is 2.33 bits per heavy atom. The van der Waals surface area contributed by atoms with Crippen molar-refractivity contribution in [3.63, 3.8) is 0 Å². The van der Waals surface area contributed by atoms with E-state index in [0.717, 1.165) is 30.8 Å². The van der Waals surface area contributed by atoms with Gasteiger partial charge in [-0.1, -0.05) is 0 Å². The van der Waals surface area contributed by atoms with Crippen molar-refractivity contribution < 1.29 is 33.4 Å². The van der Waals surface area contributed by atoms with Crippen LogP contribution in [0.4, 0.5) is 5.69 Å². The lowest BCUT2D eigenvalue weighted by Crippen LogP contribution is -3.13. The highest BCUT2D eigenvalue weighted by atomic mass is 16.6. The Hall–Kier alpha value is -3.26. The number of hydrogen-bond donors (Lipinski definition) is 1. The molecule has 0 saturated carbocycles. The van der Waals surface area contributed by atoms with Crippen molar-refractivity contribution in [2.45, 2.75) is 13.0 Å². The zero-order chi connectivity index (χ0) is 20.8. The average Bonchev–Trinajstić information content (AvgIpc) is 3.00. The molecule has 1 amide bonds. The summed E-state index contributed by atoms with van der Waals surface area (Å²) in [5, 5.41) is 0. The first kappa shape index (κ1) is 18.7. The monoisotopic (exact) mass is 411 g/mol. The third-order valence-electron chi connectivity index (χ3n) is 5.91. The van der Waals surface area contributed by atoms with Crippen LogP contribution in [-0.4, -0.2) is 52.3 Å². The van der Waals surface area contributed by atoms with Crippen LogP contribution in [0.1, 0.15) is 21.5 Å². The number of ketones is 1. The predicted molar refractivity (Wildman–Crippen MR) is 107 cm³/mol. The number of carbonyl (C=O) groups is 2. The van der Waals surface area contributed by atoms with Gasteiger partial charge in [-0.25, -0.2) is 0 Å². The molecular formula is C22H23N2O6+. The molecule has 8 heteroatoms. The summed E-state index contributed by atoms with van der Waals surface area (Å²) in [7, 11) is 3.25. The number of amides is 1. The second-order valence-electron chi connectivity index (χ2n) is 7.64. The molecule has 0 bridgehead atoms. The van der Waals surface area contributed by atoms with Gasteiger partial charge in [-0.05, 0) is 23.8 Å². The SMILES string of the molecule is COc1cc2c(cc1OC)C[NH+](CN1C(=O)C(=O)c3cc4c(cc31)OCCO4)CC2. The molecule has 0 spiro atoms. The number of nitrogens with zero attached hydrogens (tertiary/aromatic N) is 1. The van der Waals surface area contributed by atoms with Crippen LogP contribution in [0.3, 0.4) is 0 Å². The summed E-state index contributed by atoms with van der Waals surface area (Å²) in [6.45, 7) is 2.87. The van der Waals surface area contributed by atoms with Crippen LogP contribution in [0.5, 0.6) is 23.0 Å². The zero-order valence-electron chi connectivity index (χ0n) is 16.9. The Morgan fingerprint density at radius 2 is 1.63 bits per heavy atom. The van der Waals surface area contributed by atoms with Crippen LogP contribution in [-0.2, 0) is 17.8 Å². The van der Waals surface area contributed by atoms with Crippen LogP contribution in [0.25, 0.3) is 0 Å². The molecule has 5 rings (SSSR count). The van der Waals surface area contributed by atoms with Crippen LogP contribution in [0, 0.1) is 0 Å². The molecule has 2 aromatic carbocycles. The Morgan fingerprint density at radius 1 is 0.967 bits per heavy atom. The van der Waals surface area contributed by atoms with Crippen molar-refractivity contribution in [3.8, 4) is 23.0 Å². The Bertz CT molecular complexity index is 1050. The average molecular weight is 411 g/mol. The van der Waals surface area contributed by atoms with E-state index < -0.39 is 11.7 Å². The number of nitrogens with one attached hydrogen (secondary N) is 1. The second-order valence-corrected chi connectivity index (χ2v) is 7.64. The number of ether oxygens (including phenoxy) is 4. The maximum atomic E-state index is 12.7. The summed E-state index contributed by atoms with van der Waals surface area (Å²) in [5.74, 6) is 1.51. The fourth-order valence-corrected chi connectivity index (χ4v) is 4.38. The number of methoxy groups -OCH3 is 2. The molecule has 1 N–H and O–H groups in total. The molecule has 1 atom stereocenters. The van der Waals surface area contributed by atoms with E-state index in [0.29, 0.717) is 48.4 Å². The number of benzene rings is 2. The molecule has 3 heterocycles. The molecule has 2 aromatic rings. The zero-order valence-corrected chi connectivity index (χ0v) is 16.9. The first-order valence-corrected chi connectivity index (χ1v) is 9.96. The number of carbonyl (C=O) groups excluding carboxylic acids is 2. The van der Waals surface area contributed by atoms with E-state index in [9.17, 15) is 9.59 Å². The minimum absolute atomic E-state index is 0.382. The third-order valence-corrected chi connectivity index (χ3v) is 5.91. The Labute approximate surface area is 173 Å². The van der Waals surface area contributed by atoms with Gasteiger partial charge in [0.1, 0.15) is 19.8 Å². The van der Waals surface area contributed by atoms with Gasteiger partial charge in [0.25, 0.3) is 5.78 Å². The van der Waals surface area contributed by atoms with Gasteiger partial charge in [-0.2, -0.15) is 0 Å². The molecule has 0 aromatic heterocycles. The van der Waals surface area contributed by atoms with Gasteiger partial charge in [-0.3, -0.25) is 14.5 Å². The summed E-state index contributed by atoms with van der Waals surface area (Å²) in [4.78, 5) is 28.0. The first-order valence-electron chi connectivity index (χ1n) is 9.96. The third kappa shape index (κ3) is 2.95. The number of hydrogen-bond acceptors (Lipinski definition) is 6. The Kier molecular flexibility index (Phi) is 4.51. The quantitative estimate of drug-likeness (QED) is 0.743. The van der Waals surface area contributed by atoms with Crippen molar-refractivity contribution in [2.75, 3.05) is 45.5 Å². The van der Waals surface area contributed by atoms with Gasteiger partial charge in [0, 0.05) is 18.1 Å². The van der Waals surface area contributed by atoms with Gasteiger partial charge in [0.05, 0.1) is 32.0 Å². The number of quaternary nitrogens is 1. The van der Waals surface area contributed by atoms with Crippen molar-refractivity contribution in [1.29, 1.82) is 0 Å². The van der Waals surface area contributed by atoms with Crippen molar-refractivity contribution in [2.24, 2.45) is 0 Å². The second kappa shape index (κ2) is 7.21. The number of Topliss-reactive ketones (excluding diaryl/α,β-unsaturated/α-hetero) is 1. The molecule has 8 nitrogen and oxygen atoms in total. The van der Waals surface area contributed by atoms with Gasteiger partial charge in [0.15, 0.2) is 29.7 Å². The number of fused-ring (bicyclic) bond motifs is 3. The minimum atomic E-state index is -0.502. The highest BCUT2D eigenvalue weighted by molar-refractivity contribution is 6.52. The maximum absolute atomic E-state index is 12.7. The first-order chi connectivity index (χ1) is 14.6. The van der Waals surface area contributed by atoms with E-state index in [1.165, 1.54) is 10.5 Å². The van der Waals surface area contributed by atoms with E-state index in [-0.39, 0.29) is 0 Å². The van der Waals surface area contributed by atoms with Gasteiger partial charge >= 0.3 is 5.91 Å². The fraction of sp³-hybridized carbons (Fsp3) is 0.364. The van der Waals surface area contributed by atoms with E-state index in [1.54, 1.807) is 31.3 Å². The summed E-state index contributed by atoms with van der Waals surface area (Å²) in [6, 6.07) is 7.40. The molecular weight excluding hydrogens is 388 g/mol. The number of anilines is 1. The van der Waals surface area contributed by atoms with Crippen LogP contribution >= 0.6 is 0 Å². The maximum Gasteiger partial charge on any atom is 0.303 e. The van der Waals surface area contributed by atoms with E-state index in [2.05, 4.69) is 0 Å². The minimum Gasteiger partial charge on any atom is -0.493 e. The number of rotatable bonds is 4. The summed E-state index contributed by atoms with van der Waals surface area (Å²) in [6.07, 6.45) is 0.856. The smallest absolute Gasteiger partial charge is 0.303 e. The van der Waals surface area contributed by atoms with Gasteiger partial charge in [0.2, 0.25) is 0 Å². The molecule has 30 heavy (non-hydrogen) atoms. The van der Waals surface area contributed by atoms with Gasteiger partial charge < -0.3 is 23.8 Å². The van der Waals surface area contributed by atoms with Crippen molar-refractivity contribution in [1.82, 2.24) is 0 Å². The largest absolute Gasteiger partial charge is 0.493 e. The van der Waals surface area contributed by atoms with Crippen LogP contribution in [0.2, 0.25) is 0 Å². The Balaban J connectivity index is 1.41. The standard InChI is InChI=1S/C22H22N2O6/c1-27-17-7-13-3-4-23(11-14(13)8-18(17)28-2)12-24-16-10-20-19(29-5-6-30-20)9-15(16)21(25)22(24)26/h7-10H,3-6,11-12H2,1-2H3/p+1. The molecule has 0 aliphatic carbocycles. The lowest BCUT2D eigenvalue weighted by atomic mass is 9.99. The fourth-order valence-electron chi connectivity index (χ4n) is 4.38. The summed E-state index contributed by atoms with van der Waals surface area (Å²) in [5.41, 5.74) is 3.36. The summed E-state index contributed by atoms with van der Waals surface area (Å²) >= 11 is 0. The predicted octanol–water partition coefficient (Wildman–Crippen LogP) is 0.603. The molecule has 0 fully saturated rings. The van der Waals surface area contributed by atoms with Gasteiger partial charge in [-0.15, -0.1) is 0 Å². The van der Waals surface area contributed by atoms with E-state index in [4.69, 9.17) is 18.9 Å². The topological polar surface area (TPSA) is 78.7 Å². The lowest BCUT2D eigenvalue weighted by Gasteiger charge is -2.30. The molecule has 3 aliphatic rings. The highest BCUT2D eigenvalue weighted by Crippen LogP contribution is 2.40. The molecule has 0 saturated heterocycles. The van der Waals surface area contributed by atoms with E-state index >= 15 is 0 Å². The van der Waals surface area contributed by atoms with Crippen LogP contribution in [0.15, 0.2) is 24.3 Å². The normalized spacial score (nSPS) is 19.4.